The van der Waals surface area contributed by atoms with Crippen molar-refractivity contribution in [3.8, 4) is 23.1 Å². The van der Waals surface area contributed by atoms with Gasteiger partial charge in [0.1, 0.15) is 23.7 Å². The maximum atomic E-state index is 14.0. The highest BCUT2D eigenvalue weighted by Gasteiger charge is 2.44. The van der Waals surface area contributed by atoms with Gasteiger partial charge in [0.2, 0.25) is 17.4 Å². The Labute approximate surface area is 269 Å². The molecule has 1 amide bonds. The molecule has 6 rings (SSSR count). The molecule has 242 valence electrons. The minimum absolute atomic E-state index is 0.0287. The minimum Gasteiger partial charge on any atom is -0.485 e. The van der Waals surface area contributed by atoms with Gasteiger partial charge >= 0.3 is 0 Å². The SMILES string of the molecule is Cc1cc(Oc2c(F)cccc2F)ncc1-n1ncc(C(=O)c2cc3cc(OCC(F)F)c(N4C(=O)C(C)(C)NC4=S)cc3[nH]2)c1N. The number of carbonyl (C=O) groups excluding carboxylic acids is 2. The largest absolute Gasteiger partial charge is 0.485 e. The molecule has 1 fully saturated rings. The normalized spacial score (nSPS) is 14.3. The number of nitrogen functional groups attached to an aromatic ring is 1. The summed E-state index contributed by atoms with van der Waals surface area (Å²) >= 11 is 5.35. The van der Waals surface area contributed by atoms with E-state index in [0.717, 1.165) is 12.1 Å². The molecule has 0 unspecified atom stereocenters. The number of hydrogen-bond donors (Lipinski definition) is 3. The molecule has 0 saturated carbocycles. The summed E-state index contributed by atoms with van der Waals surface area (Å²) in [7, 11) is 0. The number of aromatic nitrogens is 4. The number of hydrogen-bond acceptors (Lipinski definition) is 8. The Bertz CT molecular complexity index is 2080. The van der Waals surface area contributed by atoms with E-state index in [0.29, 0.717) is 22.2 Å². The van der Waals surface area contributed by atoms with Crippen molar-refractivity contribution in [3.05, 3.63) is 83.3 Å². The highest BCUT2D eigenvalue weighted by Crippen LogP contribution is 2.38. The molecule has 5 aromatic rings. The predicted octanol–water partition coefficient (Wildman–Crippen LogP) is 5.58. The van der Waals surface area contributed by atoms with Crippen molar-refractivity contribution >= 4 is 51.4 Å². The van der Waals surface area contributed by atoms with Crippen LogP contribution < -0.4 is 25.4 Å². The number of benzene rings is 2. The number of H-pyrrole nitrogens is 1. The van der Waals surface area contributed by atoms with Crippen LogP contribution in [0.25, 0.3) is 16.6 Å². The molecule has 0 spiro atoms. The van der Waals surface area contributed by atoms with Crippen LogP contribution in [0.4, 0.5) is 29.1 Å². The summed E-state index contributed by atoms with van der Waals surface area (Å²) in [6.45, 7) is 3.99. The lowest BCUT2D eigenvalue weighted by molar-refractivity contribution is -0.121. The second-order valence-corrected chi connectivity index (χ2v) is 11.5. The van der Waals surface area contributed by atoms with Crippen molar-refractivity contribution in [2.75, 3.05) is 17.2 Å². The number of aryl methyl sites for hydroxylation is 1. The average Bonchev–Trinajstić information content (AvgIpc) is 3.65. The second kappa shape index (κ2) is 11.7. The number of alkyl halides is 2. The van der Waals surface area contributed by atoms with E-state index in [9.17, 15) is 27.2 Å². The topological polar surface area (TPSA) is 140 Å². The Morgan fingerprint density at radius 2 is 1.83 bits per heavy atom. The van der Waals surface area contributed by atoms with E-state index >= 15 is 0 Å². The first-order chi connectivity index (χ1) is 22.2. The molecular weight excluding hydrogens is 642 g/mol. The fraction of sp³-hybridized carbons (Fsp3) is 0.194. The number of ether oxygens (including phenoxy) is 2. The first-order valence-corrected chi connectivity index (χ1v) is 14.4. The van der Waals surface area contributed by atoms with Gasteiger partial charge < -0.3 is 25.5 Å². The van der Waals surface area contributed by atoms with Gasteiger partial charge in [0, 0.05) is 17.0 Å². The third kappa shape index (κ3) is 5.71. The zero-order chi connectivity index (χ0) is 33.8. The number of nitrogens with zero attached hydrogens (tertiary/aromatic N) is 4. The van der Waals surface area contributed by atoms with E-state index in [2.05, 4.69) is 20.4 Å². The molecule has 11 nitrogen and oxygen atoms in total. The summed E-state index contributed by atoms with van der Waals surface area (Å²) in [6, 6.07) is 9.15. The van der Waals surface area contributed by atoms with E-state index in [1.54, 1.807) is 20.8 Å². The van der Waals surface area contributed by atoms with Gasteiger partial charge in [0.05, 0.1) is 35.0 Å². The molecule has 2 aromatic carbocycles. The first kappa shape index (κ1) is 31.5. The Morgan fingerprint density at radius 3 is 2.47 bits per heavy atom. The number of aromatic amines is 1. The van der Waals surface area contributed by atoms with Crippen molar-refractivity contribution < 1.29 is 36.6 Å². The summed E-state index contributed by atoms with van der Waals surface area (Å²) in [5.74, 6) is -3.51. The summed E-state index contributed by atoms with van der Waals surface area (Å²) in [4.78, 5) is 35.0. The number of halogens is 4. The highest BCUT2D eigenvalue weighted by molar-refractivity contribution is 7.80. The van der Waals surface area contributed by atoms with Crippen LogP contribution in [0.2, 0.25) is 0 Å². The van der Waals surface area contributed by atoms with Crippen molar-refractivity contribution in [2.45, 2.75) is 32.7 Å². The number of nitrogens with two attached hydrogens (primary N) is 1. The predicted molar refractivity (Wildman–Crippen MR) is 167 cm³/mol. The molecule has 1 aliphatic rings. The molecule has 0 aliphatic carbocycles. The number of fused-ring (bicyclic) bond motifs is 1. The van der Waals surface area contributed by atoms with Crippen molar-refractivity contribution in [2.24, 2.45) is 0 Å². The monoisotopic (exact) mass is 667 g/mol. The number of ketones is 1. The molecule has 3 aromatic heterocycles. The number of nitrogens with one attached hydrogen (secondary N) is 2. The van der Waals surface area contributed by atoms with Gasteiger partial charge in [0.15, 0.2) is 16.7 Å². The number of para-hydroxylation sites is 1. The third-order valence-corrected chi connectivity index (χ3v) is 7.66. The van der Waals surface area contributed by atoms with Gasteiger partial charge in [-0.3, -0.25) is 14.5 Å². The Hall–Kier alpha value is -5.51. The Balaban J connectivity index is 1.31. The summed E-state index contributed by atoms with van der Waals surface area (Å²) in [5.41, 5.74) is 6.81. The third-order valence-electron chi connectivity index (χ3n) is 7.37. The second-order valence-electron chi connectivity index (χ2n) is 11.1. The molecule has 4 N–H and O–H groups in total. The zero-order valence-electron chi connectivity index (χ0n) is 24.9. The van der Waals surface area contributed by atoms with Crippen LogP contribution in [0.1, 0.15) is 35.5 Å². The van der Waals surface area contributed by atoms with Crippen molar-refractivity contribution in [1.29, 1.82) is 0 Å². The number of anilines is 2. The summed E-state index contributed by atoms with van der Waals surface area (Å²) in [5, 5.41) is 7.63. The highest BCUT2D eigenvalue weighted by atomic mass is 32.1. The van der Waals surface area contributed by atoms with Gasteiger partial charge in [-0.2, -0.15) is 5.10 Å². The molecule has 4 heterocycles. The van der Waals surface area contributed by atoms with Crippen molar-refractivity contribution in [1.82, 2.24) is 25.1 Å². The van der Waals surface area contributed by atoms with E-state index in [1.807, 2.05) is 0 Å². The summed E-state index contributed by atoms with van der Waals surface area (Å²) < 4.78 is 66.2. The van der Waals surface area contributed by atoms with Crippen LogP contribution in [0, 0.1) is 18.6 Å². The maximum absolute atomic E-state index is 14.0. The minimum atomic E-state index is -2.78. The Morgan fingerprint density at radius 1 is 1.11 bits per heavy atom. The van der Waals surface area contributed by atoms with E-state index in [4.69, 9.17) is 27.4 Å². The first-order valence-electron chi connectivity index (χ1n) is 14.0. The van der Waals surface area contributed by atoms with Crippen LogP contribution in [0.5, 0.6) is 17.4 Å². The number of rotatable bonds is 9. The quantitative estimate of drug-likeness (QED) is 0.104. The number of thiocarbonyl (C=S) groups is 1. The molecule has 16 heteroatoms. The average molecular weight is 668 g/mol. The van der Waals surface area contributed by atoms with Crippen LogP contribution >= 0.6 is 12.2 Å². The lowest BCUT2D eigenvalue weighted by Gasteiger charge is -2.20. The molecule has 0 radical (unpaired) electrons. The van der Waals surface area contributed by atoms with Gasteiger partial charge in [-0.1, -0.05) is 6.07 Å². The molecule has 0 atom stereocenters. The zero-order valence-corrected chi connectivity index (χ0v) is 25.7. The van der Waals surface area contributed by atoms with E-state index in [-0.39, 0.29) is 39.5 Å². The fourth-order valence-electron chi connectivity index (χ4n) is 5.04. The molecular formula is C31H25F4N7O4S. The van der Waals surface area contributed by atoms with Gasteiger partial charge in [0.25, 0.3) is 12.3 Å². The maximum Gasteiger partial charge on any atom is 0.272 e. The van der Waals surface area contributed by atoms with Gasteiger partial charge in [-0.15, -0.1) is 0 Å². The Kier molecular flexibility index (Phi) is 7.83. The van der Waals surface area contributed by atoms with Crippen LogP contribution in [0.3, 0.4) is 0 Å². The molecule has 1 saturated heterocycles. The lowest BCUT2D eigenvalue weighted by Crippen LogP contribution is -2.40. The fourth-order valence-corrected chi connectivity index (χ4v) is 5.47. The standard InChI is InChI=1S/C31H25F4N7O4S/c1-14-7-25(46-27-17(32)5-4-6-18(27)33)37-12-22(14)42-28(36)16(11-38-42)26(43)20-8-15-9-23(45-13-24(34)35)21(10-19(15)39-20)41-29(44)31(2,3)40-30(41)47/h4-12,24,39H,13,36H2,1-3H3,(H,40,47). The lowest BCUT2D eigenvalue weighted by atomic mass is 10.1. The van der Waals surface area contributed by atoms with E-state index < -0.39 is 47.6 Å². The molecule has 47 heavy (non-hydrogen) atoms. The van der Waals surface area contributed by atoms with Gasteiger partial charge in [-0.25, -0.2) is 27.2 Å². The summed E-state index contributed by atoms with van der Waals surface area (Å²) in [6.07, 6.45) is -0.193. The number of pyridine rings is 1. The molecule has 0 bridgehead atoms. The van der Waals surface area contributed by atoms with Crippen LogP contribution in [-0.2, 0) is 4.79 Å². The van der Waals surface area contributed by atoms with Gasteiger partial charge in [-0.05, 0) is 68.9 Å². The number of amides is 1. The van der Waals surface area contributed by atoms with Crippen molar-refractivity contribution in [3.63, 3.8) is 0 Å². The smallest absolute Gasteiger partial charge is 0.272 e. The van der Waals surface area contributed by atoms with E-state index in [1.165, 1.54) is 52.3 Å². The van der Waals surface area contributed by atoms with Crippen LogP contribution in [0.15, 0.2) is 54.9 Å². The number of carbonyl (C=O) groups is 2. The van der Waals surface area contributed by atoms with Crippen LogP contribution in [-0.4, -0.2) is 55.1 Å². The molecule has 1 aliphatic heterocycles.